The Hall–Kier alpha value is -3.39. The number of hydrogen-bond donors (Lipinski definition) is 3. The number of H-pyrrole nitrogens is 1. The van der Waals surface area contributed by atoms with Crippen molar-refractivity contribution in [1.29, 1.82) is 0 Å². The molecule has 35 heavy (non-hydrogen) atoms. The second-order valence-corrected chi connectivity index (χ2v) is 9.74. The fourth-order valence-electron chi connectivity index (χ4n) is 5.30. The van der Waals surface area contributed by atoms with E-state index in [-0.39, 0.29) is 29.8 Å². The molecule has 0 radical (unpaired) electrons. The summed E-state index contributed by atoms with van der Waals surface area (Å²) >= 11 is 0. The first-order chi connectivity index (χ1) is 17.1. The smallest absolute Gasteiger partial charge is 0.237 e. The number of hydrogen-bond acceptors (Lipinski definition) is 5. The largest absolute Gasteiger partial charge is 0.457 e. The number of primary amides is 1. The van der Waals surface area contributed by atoms with Gasteiger partial charge in [0.25, 0.3) is 0 Å². The molecule has 1 saturated carbocycles. The van der Waals surface area contributed by atoms with Gasteiger partial charge in [-0.1, -0.05) is 31.4 Å². The van der Waals surface area contributed by atoms with Crippen molar-refractivity contribution >= 4 is 22.8 Å². The molecule has 8 nitrogen and oxygen atoms in total. The summed E-state index contributed by atoms with van der Waals surface area (Å²) in [6.07, 6.45) is 10.5. The van der Waals surface area contributed by atoms with E-state index in [1.165, 1.54) is 6.42 Å². The number of nitrogens with zero attached hydrogens (tertiary/aromatic N) is 2. The standard InChI is InChI=1S/C27H33N5O3/c28-25(33)19-12-15-32(17-19)23(27(34)31-20-4-2-1-3-5-20)16-18-6-8-21(9-7-18)35-24-11-14-30-26-22(24)10-13-29-26/h6-11,13-14,19-20,23H,1-5,12,15-17H2,(H2,28,33)(H,29,30)(H,31,34). The van der Waals surface area contributed by atoms with E-state index in [9.17, 15) is 9.59 Å². The molecule has 1 aliphatic heterocycles. The number of likely N-dealkylation sites (tertiary alicyclic amines) is 1. The van der Waals surface area contributed by atoms with Crippen molar-refractivity contribution in [3.63, 3.8) is 0 Å². The van der Waals surface area contributed by atoms with Crippen LogP contribution >= 0.6 is 0 Å². The number of amides is 2. The molecule has 1 aliphatic carbocycles. The Morgan fingerprint density at radius 3 is 2.66 bits per heavy atom. The van der Waals surface area contributed by atoms with Crippen molar-refractivity contribution in [2.75, 3.05) is 13.1 Å². The van der Waals surface area contributed by atoms with Crippen LogP contribution in [0.25, 0.3) is 11.0 Å². The number of ether oxygens (including phenoxy) is 1. The van der Waals surface area contributed by atoms with E-state index in [0.717, 1.165) is 53.8 Å². The quantitative estimate of drug-likeness (QED) is 0.461. The van der Waals surface area contributed by atoms with Crippen LogP contribution in [0.15, 0.2) is 48.8 Å². The lowest BCUT2D eigenvalue weighted by molar-refractivity contribution is -0.128. The molecule has 2 aliphatic rings. The van der Waals surface area contributed by atoms with Crippen molar-refractivity contribution in [2.24, 2.45) is 11.7 Å². The van der Waals surface area contributed by atoms with Crippen LogP contribution in [0.5, 0.6) is 11.5 Å². The third kappa shape index (κ3) is 5.48. The highest BCUT2D eigenvalue weighted by atomic mass is 16.5. The van der Waals surface area contributed by atoms with Gasteiger partial charge in [0.05, 0.1) is 17.3 Å². The lowest BCUT2D eigenvalue weighted by atomic mass is 9.94. The summed E-state index contributed by atoms with van der Waals surface area (Å²) in [5, 5.41) is 4.21. The molecule has 3 heterocycles. The van der Waals surface area contributed by atoms with Gasteiger partial charge in [0.2, 0.25) is 11.8 Å². The Balaban J connectivity index is 1.29. The average Bonchev–Trinajstić information content (AvgIpc) is 3.55. The van der Waals surface area contributed by atoms with E-state index in [1.807, 2.05) is 42.6 Å². The van der Waals surface area contributed by atoms with Gasteiger partial charge in [-0.05, 0) is 62.1 Å². The van der Waals surface area contributed by atoms with Crippen LogP contribution in [0.1, 0.15) is 44.1 Å². The van der Waals surface area contributed by atoms with Gasteiger partial charge in [-0.2, -0.15) is 0 Å². The van der Waals surface area contributed by atoms with E-state index < -0.39 is 0 Å². The Morgan fingerprint density at radius 2 is 1.91 bits per heavy atom. The van der Waals surface area contributed by atoms with E-state index in [1.54, 1.807) is 6.20 Å². The maximum atomic E-state index is 13.4. The Bertz CT molecular complexity index is 1170. The number of fused-ring (bicyclic) bond motifs is 1. The topological polar surface area (TPSA) is 113 Å². The lowest BCUT2D eigenvalue weighted by Crippen LogP contribution is -2.50. The minimum absolute atomic E-state index is 0.0500. The molecular weight excluding hydrogens is 442 g/mol. The maximum absolute atomic E-state index is 13.4. The summed E-state index contributed by atoms with van der Waals surface area (Å²) < 4.78 is 6.10. The van der Waals surface area contributed by atoms with Crippen molar-refractivity contribution < 1.29 is 14.3 Å². The zero-order valence-corrected chi connectivity index (χ0v) is 19.9. The zero-order valence-electron chi connectivity index (χ0n) is 19.9. The van der Waals surface area contributed by atoms with Crippen LogP contribution in [0, 0.1) is 5.92 Å². The second-order valence-electron chi connectivity index (χ2n) is 9.74. The molecule has 184 valence electrons. The van der Waals surface area contributed by atoms with Crippen LogP contribution in [0.3, 0.4) is 0 Å². The summed E-state index contributed by atoms with van der Waals surface area (Å²) in [4.78, 5) is 34.6. The Kier molecular flexibility index (Phi) is 6.99. The number of carbonyl (C=O) groups excluding carboxylic acids is 2. The van der Waals surface area contributed by atoms with Gasteiger partial charge < -0.3 is 20.8 Å². The SMILES string of the molecule is NC(=O)C1CCN(C(Cc2ccc(Oc3ccnc4[nH]ccc34)cc2)C(=O)NC2CCCCC2)C1. The zero-order chi connectivity index (χ0) is 24.2. The fourth-order valence-corrected chi connectivity index (χ4v) is 5.30. The predicted octanol–water partition coefficient (Wildman–Crippen LogP) is 3.52. The number of rotatable bonds is 8. The number of aromatic nitrogens is 2. The molecule has 5 rings (SSSR count). The molecule has 2 unspecified atom stereocenters. The number of nitrogens with one attached hydrogen (secondary N) is 2. The first-order valence-corrected chi connectivity index (χ1v) is 12.6. The molecule has 0 spiro atoms. The highest BCUT2D eigenvalue weighted by molar-refractivity contribution is 5.83. The highest BCUT2D eigenvalue weighted by Crippen LogP contribution is 2.29. The number of pyridine rings is 1. The van der Waals surface area contributed by atoms with Gasteiger partial charge in [-0.3, -0.25) is 14.5 Å². The summed E-state index contributed by atoms with van der Waals surface area (Å²) in [6.45, 7) is 1.24. The summed E-state index contributed by atoms with van der Waals surface area (Å²) in [6, 6.07) is 11.6. The van der Waals surface area contributed by atoms with Crippen LogP contribution in [-0.4, -0.2) is 51.9 Å². The Morgan fingerprint density at radius 1 is 1.11 bits per heavy atom. The molecule has 1 aromatic carbocycles. The summed E-state index contributed by atoms with van der Waals surface area (Å²) in [7, 11) is 0. The van der Waals surface area contributed by atoms with Crippen molar-refractivity contribution in [3.8, 4) is 11.5 Å². The molecule has 2 atom stereocenters. The molecule has 2 amide bonds. The monoisotopic (exact) mass is 475 g/mol. The van der Waals surface area contributed by atoms with Crippen molar-refractivity contribution in [3.05, 3.63) is 54.4 Å². The minimum Gasteiger partial charge on any atom is -0.457 e. The summed E-state index contributed by atoms with van der Waals surface area (Å²) in [5.74, 6) is 1.03. The van der Waals surface area contributed by atoms with E-state index in [4.69, 9.17) is 10.5 Å². The van der Waals surface area contributed by atoms with Gasteiger partial charge in [0, 0.05) is 25.0 Å². The van der Waals surface area contributed by atoms with Gasteiger partial charge in [0.15, 0.2) is 0 Å². The number of carbonyl (C=O) groups is 2. The molecule has 2 aromatic heterocycles. The molecule has 3 aromatic rings. The maximum Gasteiger partial charge on any atom is 0.237 e. The first-order valence-electron chi connectivity index (χ1n) is 12.6. The van der Waals surface area contributed by atoms with Crippen molar-refractivity contribution in [2.45, 2.75) is 57.0 Å². The normalized spacial score (nSPS) is 20.1. The number of benzene rings is 1. The van der Waals surface area contributed by atoms with Gasteiger partial charge in [0.1, 0.15) is 17.1 Å². The average molecular weight is 476 g/mol. The molecular formula is C27H33N5O3. The Labute approximate surface area is 205 Å². The van der Waals surface area contributed by atoms with E-state index in [0.29, 0.717) is 25.9 Å². The van der Waals surface area contributed by atoms with Crippen LogP contribution in [0.2, 0.25) is 0 Å². The molecule has 8 heteroatoms. The van der Waals surface area contributed by atoms with E-state index in [2.05, 4.69) is 20.2 Å². The molecule has 1 saturated heterocycles. The third-order valence-corrected chi connectivity index (χ3v) is 7.32. The van der Waals surface area contributed by atoms with Gasteiger partial charge in [-0.15, -0.1) is 0 Å². The highest BCUT2D eigenvalue weighted by Gasteiger charge is 2.35. The third-order valence-electron chi connectivity index (χ3n) is 7.32. The van der Waals surface area contributed by atoms with E-state index >= 15 is 0 Å². The molecule has 0 bridgehead atoms. The minimum atomic E-state index is -0.326. The number of nitrogens with two attached hydrogens (primary N) is 1. The van der Waals surface area contributed by atoms with Crippen molar-refractivity contribution in [1.82, 2.24) is 20.2 Å². The second kappa shape index (κ2) is 10.5. The van der Waals surface area contributed by atoms with Gasteiger partial charge in [-0.25, -0.2) is 4.98 Å². The van der Waals surface area contributed by atoms with Gasteiger partial charge >= 0.3 is 0 Å². The molecule has 4 N–H and O–H groups in total. The first kappa shape index (κ1) is 23.4. The lowest BCUT2D eigenvalue weighted by Gasteiger charge is -2.30. The molecule has 2 fully saturated rings. The van der Waals surface area contributed by atoms with Crippen LogP contribution in [0.4, 0.5) is 0 Å². The van der Waals surface area contributed by atoms with Crippen LogP contribution < -0.4 is 15.8 Å². The number of aromatic amines is 1. The summed E-state index contributed by atoms with van der Waals surface area (Å²) in [5.41, 5.74) is 7.39. The van der Waals surface area contributed by atoms with Crippen LogP contribution in [-0.2, 0) is 16.0 Å². The predicted molar refractivity (Wildman–Crippen MR) is 134 cm³/mol. The fraction of sp³-hybridized carbons (Fsp3) is 0.444.